The predicted octanol–water partition coefficient (Wildman–Crippen LogP) is 2.61. The van der Waals surface area contributed by atoms with Gasteiger partial charge in [-0.2, -0.15) is 0 Å². The molecule has 1 aromatic rings. The third-order valence-corrected chi connectivity index (χ3v) is 3.19. The molecule has 1 fully saturated rings. The lowest BCUT2D eigenvalue weighted by atomic mass is 10.0. The van der Waals surface area contributed by atoms with Crippen molar-refractivity contribution in [2.75, 3.05) is 18.5 Å². The molecule has 1 N–H and O–H groups in total. The van der Waals surface area contributed by atoms with Crippen molar-refractivity contribution >= 4 is 11.6 Å². The van der Waals surface area contributed by atoms with Crippen molar-refractivity contribution in [3.8, 4) is 0 Å². The highest BCUT2D eigenvalue weighted by molar-refractivity contribution is 5.93. The van der Waals surface area contributed by atoms with E-state index in [0.717, 1.165) is 31.6 Å². The number of benzene rings is 1. The molecule has 1 aliphatic heterocycles. The van der Waals surface area contributed by atoms with Crippen molar-refractivity contribution in [1.82, 2.24) is 0 Å². The van der Waals surface area contributed by atoms with Gasteiger partial charge in [-0.3, -0.25) is 4.79 Å². The molecule has 2 rings (SSSR count). The summed E-state index contributed by atoms with van der Waals surface area (Å²) < 4.78 is 5.34. The summed E-state index contributed by atoms with van der Waals surface area (Å²) in [5.41, 5.74) is 2.11. The first kappa shape index (κ1) is 12.1. The van der Waals surface area contributed by atoms with Gasteiger partial charge >= 0.3 is 0 Å². The van der Waals surface area contributed by atoms with Gasteiger partial charge in [0.2, 0.25) is 5.91 Å². The predicted molar refractivity (Wildman–Crippen MR) is 68.0 cm³/mol. The van der Waals surface area contributed by atoms with E-state index in [9.17, 15) is 4.79 Å². The van der Waals surface area contributed by atoms with E-state index in [4.69, 9.17) is 4.74 Å². The van der Waals surface area contributed by atoms with Crippen LogP contribution in [0.1, 0.15) is 25.3 Å². The van der Waals surface area contributed by atoms with E-state index in [0.29, 0.717) is 6.61 Å². The summed E-state index contributed by atoms with van der Waals surface area (Å²) in [5.74, 6) is 0.0965. The number of hydrogen-bond acceptors (Lipinski definition) is 2. The van der Waals surface area contributed by atoms with Crippen molar-refractivity contribution in [1.29, 1.82) is 0 Å². The van der Waals surface area contributed by atoms with Gasteiger partial charge in [-0.05, 0) is 30.9 Å². The molecule has 92 valence electrons. The number of para-hydroxylation sites is 1. The van der Waals surface area contributed by atoms with Crippen LogP contribution in [0.4, 0.5) is 5.69 Å². The van der Waals surface area contributed by atoms with Crippen LogP contribution in [-0.2, 0) is 16.0 Å². The van der Waals surface area contributed by atoms with E-state index in [2.05, 4.69) is 12.2 Å². The molecule has 0 saturated carbocycles. The van der Waals surface area contributed by atoms with Gasteiger partial charge in [0.05, 0.1) is 12.5 Å². The van der Waals surface area contributed by atoms with Crippen LogP contribution in [0.15, 0.2) is 24.3 Å². The highest BCUT2D eigenvalue weighted by atomic mass is 16.5. The van der Waals surface area contributed by atoms with Crippen LogP contribution >= 0.6 is 0 Å². The van der Waals surface area contributed by atoms with Crippen molar-refractivity contribution in [2.24, 2.45) is 5.92 Å². The fourth-order valence-corrected chi connectivity index (χ4v) is 2.13. The molecular formula is C14H19NO2. The van der Waals surface area contributed by atoms with E-state index < -0.39 is 0 Å². The number of nitrogens with one attached hydrogen (secondary N) is 1. The van der Waals surface area contributed by atoms with Crippen molar-refractivity contribution in [3.63, 3.8) is 0 Å². The minimum atomic E-state index is 0.00802. The third kappa shape index (κ3) is 3.07. The number of carbonyl (C=O) groups is 1. The summed E-state index contributed by atoms with van der Waals surface area (Å²) >= 11 is 0. The fourth-order valence-electron chi connectivity index (χ4n) is 2.13. The smallest absolute Gasteiger partial charge is 0.229 e. The summed E-state index contributed by atoms with van der Waals surface area (Å²) in [6.07, 6.45) is 2.84. The average Bonchev–Trinajstić information content (AvgIpc) is 2.40. The summed E-state index contributed by atoms with van der Waals surface area (Å²) in [5, 5.41) is 3.01. The molecule has 1 heterocycles. The molecule has 3 nitrogen and oxygen atoms in total. The maximum atomic E-state index is 12.0. The normalized spacial score (nSPS) is 19.9. The van der Waals surface area contributed by atoms with Gasteiger partial charge in [0.25, 0.3) is 0 Å². The topological polar surface area (TPSA) is 38.3 Å². The second-order valence-electron chi connectivity index (χ2n) is 4.41. The van der Waals surface area contributed by atoms with E-state index in [-0.39, 0.29) is 11.8 Å². The summed E-state index contributed by atoms with van der Waals surface area (Å²) in [4.78, 5) is 12.0. The monoisotopic (exact) mass is 233 g/mol. The molecule has 1 amide bonds. The van der Waals surface area contributed by atoms with Crippen molar-refractivity contribution in [2.45, 2.75) is 26.2 Å². The molecule has 1 saturated heterocycles. The van der Waals surface area contributed by atoms with Crippen LogP contribution in [0.5, 0.6) is 0 Å². The Hall–Kier alpha value is -1.35. The van der Waals surface area contributed by atoms with E-state index in [1.165, 1.54) is 5.56 Å². The van der Waals surface area contributed by atoms with Gasteiger partial charge in [0.15, 0.2) is 0 Å². The number of aryl methyl sites for hydroxylation is 1. The average molecular weight is 233 g/mol. The van der Waals surface area contributed by atoms with E-state index in [1.54, 1.807) is 0 Å². The molecule has 3 heteroatoms. The number of rotatable bonds is 3. The minimum Gasteiger partial charge on any atom is -0.381 e. The lowest BCUT2D eigenvalue weighted by Gasteiger charge is -2.21. The van der Waals surface area contributed by atoms with Gasteiger partial charge in [0.1, 0.15) is 0 Å². The van der Waals surface area contributed by atoms with Crippen LogP contribution in [0, 0.1) is 5.92 Å². The Labute approximate surface area is 102 Å². The van der Waals surface area contributed by atoms with Crippen molar-refractivity contribution in [3.05, 3.63) is 29.8 Å². The molecule has 0 bridgehead atoms. The summed E-state index contributed by atoms with van der Waals surface area (Å²) in [6, 6.07) is 7.96. The Balaban J connectivity index is 2.01. The van der Waals surface area contributed by atoms with Crippen molar-refractivity contribution < 1.29 is 9.53 Å². The molecule has 0 radical (unpaired) electrons. The molecular weight excluding hydrogens is 214 g/mol. The zero-order valence-corrected chi connectivity index (χ0v) is 10.2. The van der Waals surface area contributed by atoms with Gasteiger partial charge in [-0.25, -0.2) is 0 Å². The summed E-state index contributed by atoms with van der Waals surface area (Å²) in [6.45, 7) is 3.43. The Morgan fingerprint density at radius 3 is 3.00 bits per heavy atom. The van der Waals surface area contributed by atoms with Crippen LogP contribution in [-0.4, -0.2) is 19.1 Å². The van der Waals surface area contributed by atoms with Crippen LogP contribution in [0.25, 0.3) is 0 Å². The van der Waals surface area contributed by atoms with Crippen LogP contribution < -0.4 is 5.32 Å². The van der Waals surface area contributed by atoms with E-state index >= 15 is 0 Å². The second kappa shape index (κ2) is 5.82. The number of anilines is 1. The number of hydrogen-bond donors (Lipinski definition) is 1. The Bertz CT molecular complexity index is 384. The zero-order valence-electron chi connectivity index (χ0n) is 10.2. The minimum absolute atomic E-state index is 0.00802. The molecule has 1 aliphatic rings. The first-order chi connectivity index (χ1) is 8.31. The molecule has 0 aliphatic carbocycles. The van der Waals surface area contributed by atoms with Gasteiger partial charge < -0.3 is 10.1 Å². The largest absolute Gasteiger partial charge is 0.381 e. The second-order valence-corrected chi connectivity index (χ2v) is 4.41. The summed E-state index contributed by atoms with van der Waals surface area (Å²) in [7, 11) is 0. The van der Waals surface area contributed by atoms with Gasteiger partial charge in [-0.1, -0.05) is 25.1 Å². The standard InChI is InChI=1S/C14H19NO2/c1-2-11-6-3-4-8-13(11)15-14(16)12-7-5-9-17-10-12/h3-4,6,8,12H,2,5,7,9-10H2,1H3,(H,15,16). The Morgan fingerprint density at radius 2 is 2.29 bits per heavy atom. The number of carbonyl (C=O) groups excluding carboxylic acids is 1. The first-order valence-electron chi connectivity index (χ1n) is 6.27. The number of amides is 1. The highest BCUT2D eigenvalue weighted by Crippen LogP contribution is 2.19. The SMILES string of the molecule is CCc1ccccc1NC(=O)C1CCCOC1. The molecule has 17 heavy (non-hydrogen) atoms. The highest BCUT2D eigenvalue weighted by Gasteiger charge is 2.22. The maximum Gasteiger partial charge on any atom is 0.229 e. The Morgan fingerprint density at radius 1 is 1.47 bits per heavy atom. The molecule has 1 unspecified atom stereocenters. The maximum absolute atomic E-state index is 12.0. The zero-order chi connectivity index (χ0) is 12.1. The van der Waals surface area contributed by atoms with Gasteiger partial charge in [0, 0.05) is 12.3 Å². The number of ether oxygens (including phenoxy) is 1. The van der Waals surface area contributed by atoms with E-state index in [1.807, 2.05) is 24.3 Å². The molecule has 0 aromatic heterocycles. The first-order valence-corrected chi connectivity index (χ1v) is 6.27. The van der Waals surface area contributed by atoms with Gasteiger partial charge in [-0.15, -0.1) is 0 Å². The fraction of sp³-hybridized carbons (Fsp3) is 0.500. The third-order valence-electron chi connectivity index (χ3n) is 3.19. The van der Waals surface area contributed by atoms with Crippen LogP contribution in [0.3, 0.4) is 0 Å². The lowest BCUT2D eigenvalue weighted by Crippen LogP contribution is -2.30. The van der Waals surface area contributed by atoms with Crippen LogP contribution in [0.2, 0.25) is 0 Å². The molecule has 1 atom stereocenters. The quantitative estimate of drug-likeness (QED) is 0.871. The molecule has 0 spiro atoms. The Kier molecular flexibility index (Phi) is 4.15. The lowest BCUT2D eigenvalue weighted by molar-refractivity contribution is -0.123. The molecule has 1 aromatic carbocycles.